The first-order valence-electron chi connectivity index (χ1n) is 5.25. The number of hydrogen-bond donors (Lipinski definition) is 2. The highest BCUT2D eigenvalue weighted by atomic mass is 35.5. The van der Waals surface area contributed by atoms with Crippen LogP contribution in [0.15, 0.2) is 12.1 Å². The molecule has 1 fully saturated rings. The molecule has 1 aromatic rings. The second kappa shape index (κ2) is 4.74. The van der Waals surface area contributed by atoms with E-state index in [9.17, 15) is 4.79 Å². The lowest BCUT2D eigenvalue weighted by molar-refractivity contribution is 0.0691. The van der Waals surface area contributed by atoms with Crippen molar-refractivity contribution in [1.82, 2.24) is 4.98 Å². The molecule has 1 aromatic heterocycles. The van der Waals surface area contributed by atoms with E-state index in [0.717, 1.165) is 6.54 Å². The lowest BCUT2D eigenvalue weighted by atomic mass is 10.3. The van der Waals surface area contributed by atoms with Gasteiger partial charge in [0.25, 0.3) is 0 Å². The van der Waals surface area contributed by atoms with Crippen LogP contribution in [0.5, 0.6) is 0 Å². The molecule has 2 N–H and O–H groups in total. The molecule has 0 atom stereocenters. The van der Waals surface area contributed by atoms with Crippen LogP contribution in [-0.4, -0.2) is 33.6 Å². The summed E-state index contributed by atoms with van der Waals surface area (Å²) in [4.78, 5) is 14.8. The minimum absolute atomic E-state index is 0.106. The number of anilines is 1. The first-order valence-corrected chi connectivity index (χ1v) is 6.85. The van der Waals surface area contributed by atoms with Crippen molar-refractivity contribution in [2.45, 2.75) is 17.6 Å². The third kappa shape index (κ3) is 2.84. The van der Waals surface area contributed by atoms with E-state index in [0.29, 0.717) is 10.6 Å². The van der Waals surface area contributed by atoms with Crippen molar-refractivity contribution >= 4 is 35.1 Å². The summed E-state index contributed by atoms with van der Waals surface area (Å²) in [6.45, 7) is 0.807. The molecule has 0 aromatic carbocycles. The molecule has 1 saturated carbocycles. The van der Waals surface area contributed by atoms with Gasteiger partial charge in [-0.3, -0.25) is 0 Å². The van der Waals surface area contributed by atoms with Gasteiger partial charge in [0, 0.05) is 11.3 Å². The molecular formula is C11H13ClN2O2S. The highest BCUT2D eigenvalue weighted by Gasteiger charge is 2.41. The van der Waals surface area contributed by atoms with Gasteiger partial charge in [0.05, 0.1) is 5.02 Å². The predicted molar refractivity (Wildman–Crippen MR) is 70.2 cm³/mol. The molecule has 1 aliphatic rings. The fourth-order valence-corrected chi connectivity index (χ4v) is 2.45. The predicted octanol–water partition coefficient (Wildman–Crippen LogP) is 2.74. The zero-order valence-electron chi connectivity index (χ0n) is 9.36. The fourth-order valence-electron chi connectivity index (χ4n) is 1.53. The Morgan fingerprint density at radius 2 is 2.35 bits per heavy atom. The average Bonchev–Trinajstić information content (AvgIpc) is 3.08. The Hall–Kier alpha value is -0.940. The molecule has 0 radical (unpaired) electrons. The average molecular weight is 273 g/mol. The number of carboxylic acids is 1. The standard InChI is InChI=1S/C11H13ClN2O2S/c1-17-11(4-5-11)6-13-8-3-2-7(12)9(14-8)10(15)16/h2-3H,4-6H2,1H3,(H,13,14)(H,15,16). The van der Waals surface area contributed by atoms with E-state index < -0.39 is 5.97 Å². The highest BCUT2D eigenvalue weighted by molar-refractivity contribution is 8.00. The van der Waals surface area contributed by atoms with Crippen molar-refractivity contribution in [1.29, 1.82) is 0 Å². The summed E-state index contributed by atoms with van der Waals surface area (Å²) < 4.78 is 0.310. The Bertz CT molecular complexity index is 449. The number of nitrogens with zero attached hydrogens (tertiary/aromatic N) is 1. The van der Waals surface area contributed by atoms with Crippen LogP contribution in [-0.2, 0) is 0 Å². The van der Waals surface area contributed by atoms with E-state index in [1.54, 1.807) is 12.1 Å². The third-order valence-electron chi connectivity index (χ3n) is 2.88. The monoisotopic (exact) mass is 272 g/mol. The Kier molecular flexibility index (Phi) is 3.49. The minimum Gasteiger partial charge on any atom is -0.476 e. The van der Waals surface area contributed by atoms with Crippen molar-refractivity contribution in [3.8, 4) is 0 Å². The largest absolute Gasteiger partial charge is 0.476 e. The van der Waals surface area contributed by atoms with Gasteiger partial charge in [0.15, 0.2) is 5.69 Å². The zero-order chi connectivity index (χ0) is 12.5. The van der Waals surface area contributed by atoms with Gasteiger partial charge >= 0.3 is 5.97 Å². The summed E-state index contributed by atoms with van der Waals surface area (Å²) in [5, 5.41) is 12.2. The van der Waals surface area contributed by atoms with E-state index in [4.69, 9.17) is 16.7 Å². The Balaban J connectivity index is 2.06. The molecule has 0 amide bonds. The maximum atomic E-state index is 10.9. The number of carboxylic acid groups (broad SMARTS) is 1. The molecule has 6 heteroatoms. The summed E-state index contributed by atoms with van der Waals surface area (Å²) in [5.74, 6) is -0.545. The second-order valence-electron chi connectivity index (χ2n) is 4.07. The van der Waals surface area contributed by atoms with Crippen LogP contribution in [0.3, 0.4) is 0 Å². The minimum atomic E-state index is -1.11. The number of aromatic nitrogens is 1. The number of aromatic carboxylic acids is 1. The number of carbonyl (C=O) groups is 1. The number of rotatable bonds is 5. The van der Waals surface area contributed by atoms with Crippen LogP contribution in [0, 0.1) is 0 Å². The number of pyridine rings is 1. The van der Waals surface area contributed by atoms with Crippen molar-refractivity contribution in [2.75, 3.05) is 18.1 Å². The van der Waals surface area contributed by atoms with Crippen molar-refractivity contribution in [3.05, 3.63) is 22.8 Å². The first kappa shape index (κ1) is 12.5. The molecule has 4 nitrogen and oxygen atoms in total. The smallest absolute Gasteiger partial charge is 0.356 e. The summed E-state index contributed by atoms with van der Waals surface area (Å²) in [6.07, 6.45) is 4.48. The van der Waals surface area contributed by atoms with Crippen molar-refractivity contribution in [2.24, 2.45) is 0 Å². The van der Waals surface area contributed by atoms with E-state index in [2.05, 4.69) is 16.6 Å². The van der Waals surface area contributed by atoms with Gasteiger partial charge in [-0.05, 0) is 31.2 Å². The molecule has 0 unspecified atom stereocenters. The normalized spacial score (nSPS) is 16.6. The van der Waals surface area contributed by atoms with Gasteiger partial charge < -0.3 is 10.4 Å². The second-order valence-corrected chi connectivity index (χ2v) is 5.75. The Labute approximate surface area is 109 Å². The van der Waals surface area contributed by atoms with Gasteiger partial charge in [-0.1, -0.05) is 11.6 Å². The van der Waals surface area contributed by atoms with Gasteiger partial charge in [0.2, 0.25) is 0 Å². The van der Waals surface area contributed by atoms with Crippen LogP contribution < -0.4 is 5.32 Å². The third-order valence-corrected chi connectivity index (χ3v) is 4.60. The number of nitrogens with one attached hydrogen (secondary N) is 1. The topological polar surface area (TPSA) is 62.2 Å². The molecule has 0 saturated heterocycles. The molecule has 0 spiro atoms. The van der Waals surface area contributed by atoms with Crippen molar-refractivity contribution in [3.63, 3.8) is 0 Å². The number of thioether (sulfide) groups is 1. The Morgan fingerprint density at radius 3 is 2.88 bits per heavy atom. The van der Waals surface area contributed by atoms with Crippen LogP contribution in [0.4, 0.5) is 5.82 Å². The van der Waals surface area contributed by atoms with Gasteiger partial charge in [-0.2, -0.15) is 11.8 Å². The van der Waals surface area contributed by atoms with Crippen LogP contribution in [0.25, 0.3) is 0 Å². The highest BCUT2D eigenvalue weighted by Crippen LogP contribution is 2.46. The summed E-state index contributed by atoms with van der Waals surface area (Å²) >= 11 is 7.58. The van der Waals surface area contributed by atoms with E-state index in [1.807, 2.05) is 11.8 Å². The van der Waals surface area contributed by atoms with E-state index in [-0.39, 0.29) is 10.7 Å². The van der Waals surface area contributed by atoms with Gasteiger partial charge in [-0.25, -0.2) is 9.78 Å². The molecule has 0 bridgehead atoms. The maximum absolute atomic E-state index is 10.9. The van der Waals surface area contributed by atoms with Crippen LogP contribution >= 0.6 is 23.4 Å². The van der Waals surface area contributed by atoms with Crippen LogP contribution in [0.1, 0.15) is 23.3 Å². The molecule has 1 aliphatic carbocycles. The number of hydrogen-bond acceptors (Lipinski definition) is 4. The lowest BCUT2D eigenvalue weighted by Gasteiger charge is -2.13. The Morgan fingerprint density at radius 1 is 1.65 bits per heavy atom. The maximum Gasteiger partial charge on any atom is 0.356 e. The quantitative estimate of drug-likeness (QED) is 0.863. The number of halogens is 1. The summed E-state index contributed by atoms with van der Waals surface area (Å²) in [6, 6.07) is 3.25. The molecule has 17 heavy (non-hydrogen) atoms. The van der Waals surface area contributed by atoms with Crippen molar-refractivity contribution < 1.29 is 9.90 Å². The summed E-state index contributed by atoms with van der Waals surface area (Å²) in [5.41, 5.74) is -0.106. The van der Waals surface area contributed by atoms with Gasteiger partial charge in [-0.15, -0.1) is 0 Å². The van der Waals surface area contributed by atoms with E-state index >= 15 is 0 Å². The van der Waals surface area contributed by atoms with E-state index in [1.165, 1.54) is 12.8 Å². The summed E-state index contributed by atoms with van der Waals surface area (Å²) in [7, 11) is 0. The first-order chi connectivity index (χ1) is 8.06. The van der Waals surface area contributed by atoms with Crippen LogP contribution in [0.2, 0.25) is 5.02 Å². The SMILES string of the molecule is CSC1(CNc2ccc(Cl)c(C(=O)O)n2)CC1. The van der Waals surface area contributed by atoms with Gasteiger partial charge in [0.1, 0.15) is 5.82 Å². The molecule has 0 aliphatic heterocycles. The molecule has 2 rings (SSSR count). The zero-order valence-corrected chi connectivity index (χ0v) is 10.9. The molecule has 1 heterocycles. The molecular weight excluding hydrogens is 260 g/mol. The fraction of sp³-hybridized carbons (Fsp3) is 0.455. The molecule has 92 valence electrons. The lowest BCUT2D eigenvalue weighted by Crippen LogP contribution is -2.18.